The molecule has 0 heterocycles. The molecule has 0 aromatic heterocycles. The van der Waals surface area contributed by atoms with Crippen LogP contribution in [0.5, 0.6) is 0 Å². The molecular weight excluding hydrogens is 419 g/mol. The van der Waals surface area contributed by atoms with E-state index in [0.717, 1.165) is 10.0 Å². The van der Waals surface area contributed by atoms with Crippen LogP contribution >= 0.6 is 15.9 Å². The smallest absolute Gasteiger partial charge is 0.261 e. The number of aliphatic imine (C=N–C) groups is 1. The zero-order valence-corrected chi connectivity index (χ0v) is 15.8. The summed E-state index contributed by atoms with van der Waals surface area (Å²) in [7, 11) is -3.74. The van der Waals surface area contributed by atoms with E-state index in [1.807, 2.05) is 24.3 Å². The number of nitrogens with one attached hydrogen (secondary N) is 1. The van der Waals surface area contributed by atoms with Gasteiger partial charge in [-0.15, -0.1) is 0 Å². The van der Waals surface area contributed by atoms with Crippen LogP contribution in [0.3, 0.4) is 0 Å². The van der Waals surface area contributed by atoms with Crippen molar-refractivity contribution in [3.8, 4) is 0 Å². The zero-order chi connectivity index (χ0) is 18.6. The summed E-state index contributed by atoms with van der Waals surface area (Å²) < 4.78 is 41.0. The molecule has 0 unspecified atom stereocenters. The highest BCUT2D eigenvalue weighted by molar-refractivity contribution is 9.10. The molecular formula is C19H14BrFN2O2S. The van der Waals surface area contributed by atoms with Gasteiger partial charge < -0.3 is 0 Å². The van der Waals surface area contributed by atoms with Gasteiger partial charge in [0.05, 0.1) is 10.6 Å². The second kappa shape index (κ2) is 7.80. The van der Waals surface area contributed by atoms with Crippen molar-refractivity contribution < 1.29 is 12.8 Å². The van der Waals surface area contributed by atoms with Crippen molar-refractivity contribution in [1.82, 2.24) is 0 Å². The molecule has 0 amide bonds. The molecule has 7 heteroatoms. The van der Waals surface area contributed by atoms with Crippen LogP contribution in [0, 0.1) is 5.82 Å². The van der Waals surface area contributed by atoms with Crippen LogP contribution < -0.4 is 4.72 Å². The Morgan fingerprint density at radius 2 is 1.50 bits per heavy atom. The molecule has 0 atom stereocenters. The van der Waals surface area contributed by atoms with Crippen LogP contribution in [0.15, 0.2) is 87.2 Å². The van der Waals surface area contributed by atoms with Gasteiger partial charge in [0.2, 0.25) is 0 Å². The van der Waals surface area contributed by atoms with Crippen molar-refractivity contribution in [1.29, 1.82) is 0 Å². The first-order valence-corrected chi connectivity index (χ1v) is 9.88. The van der Waals surface area contributed by atoms with Crippen molar-refractivity contribution in [2.24, 2.45) is 4.99 Å². The van der Waals surface area contributed by atoms with E-state index in [9.17, 15) is 12.8 Å². The van der Waals surface area contributed by atoms with Crippen LogP contribution in [0.25, 0.3) is 0 Å². The third-order valence-electron chi connectivity index (χ3n) is 3.48. The van der Waals surface area contributed by atoms with Crippen LogP contribution in [-0.4, -0.2) is 14.6 Å². The van der Waals surface area contributed by atoms with Crippen molar-refractivity contribution in [2.75, 3.05) is 4.72 Å². The lowest BCUT2D eigenvalue weighted by molar-refractivity contribution is 0.601. The highest BCUT2D eigenvalue weighted by Crippen LogP contribution is 2.20. The fraction of sp³-hybridized carbons (Fsp3) is 0. The molecule has 4 nitrogen and oxygen atoms in total. The van der Waals surface area contributed by atoms with Gasteiger partial charge in [-0.1, -0.05) is 28.1 Å². The van der Waals surface area contributed by atoms with Crippen molar-refractivity contribution in [3.05, 3.63) is 88.6 Å². The van der Waals surface area contributed by atoms with E-state index in [2.05, 4.69) is 25.6 Å². The van der Waals surface area contributed by atoms with Gasteiger partial charge in [0.25, 0.3) is 10.0 Å². The molecule has 0 spiro atoms. The highest BCUT2D eigenvalue weighted by Gasteiger charge is 2.13. The molecule has 0 fully saturated rings. The standard InChI is InChI=1S/C19H14BrFN2O2S/c20-15-3-1-14(2-4-15)13-22-17-9-11-19(12-10-17)26(24,25)23-18-7-5-16(21)6-8-18/h1-13,23H. The molecule has 1 N–H and O–H groups in total. The molecule has 0 saturated carbocycles. The third-order valence-corrected chi connectivity index (χ3v) is 5.40. The monoisotopic (exact) mass is 432 g/mol. The molecule has 0 bridgehead atoms. The molecule has 3 rings (SSSR count). The van der Waals surface area contributed by atoms with Crippen LogP contribution in [-0.2, 0) is 10.0 Å². The van der Waals surface area contributed by atoms with E-state index in [1.165, 1.54) is 36.4 Å². The van der Waals surface area contributed by atoms with Crippen molar-refractivity contribution in [3.63, 3.8) is 0 Å². The average molecular weight is 433 g/mol. The van der Waals surface area contributed by atoms with Gasteiger partial charge in [0.1, 0.15) is 5.82 Å². The maximum absolute atomic E-state index is 12.9. The second-order valence-corrected chi connectivity index (χ2v) is 8.01. The number of hydrogen-bond donors (Lipinski definition) is 1. The minimum Gasteiger partial charge on any atom is -0.280 e. The maximum Gasteiger partial charge on any atom is 0.261 e. The number of anilines is 1. The van der Waals surface area contributed by atoms with Crippen molar-refractivity contribution in [2.45, 2.75) is 4.90 Å². The summed E-state index contributed by atoms with van der Waals surface area (Å²) >= 11 is 3.37. The number of sulfonamides is 1. The molecule has 0 aliphatic carbocycles. The molecule has 3 aromatic carbocycles. The van der Waals surface area contributed by atoms with Crippen LogP contribution in [0.4, 0.5) is 15.8 Å². The molecule has 26 heavy (non-hydrogen) atoms. The minimum absolute atomic E-state index is 0.101. The Balaban J connectivity index is 1.73. The summed E-state index contributed by atoms with van der Waals surface area (Å²) in [5, 5.41) is 0. The predicted octanol–water partition coefficient (Wildman–Crippen LogP) is 5.14. The minimum atomic E-state index is -3.74. The maximum atomic E-state index is 12.9. The fourth-order valence-electron chi connectivity index (χ4n) is 2.14. The topological polar surface area (TPSA) is 58.5 Å². The lowest BCUT2D eigenvalue weighted by atomic mass is 10.2. The Morgan fingerprint density at radius 1 is 0.885 bits per heavy atom. The molecule has 3 aromatic rings. The van der Waals surface area contributed by atoms with E-state index in [4.69, 9.17) is 0 Å². The average Bonchev–Trinajstić information content (AvgIpc) is 2.63. The van der Waals surface area contributed by atoms with Gasteiger partial charge in [-0.25, -0.2) is 12.8 Å². The number of halogens is 2. The predicted molar refractivity (Wildman–Crippen MR) is 105 cm³/mol. The summed E-state index contributed by atoms with van der Waals surface area (Å²) in [6, 6.07) is 19.0. The lowest BCUT2D eigenvalue weighted by Gasteiger charge is -2.08. The molecule has 0 aliphatic heterocycles. The van der Waals surface area contributed by atoms with E-state index < -0.39 is 15.8 Å². The fourth-order valence-corrected chi connectivity index (χ4v) is 3.46. The number of rotatable bonds is 5. The number of nitrogens with zero attached hydrogens (tertiary/aromatic N) is 1. The zero-order valence-electron chi connectivity index (χ0n) is 13.4. The SMILES string of the molecule is O=S(=O)(Nc1ccc(F)cc1)c1ccc(N=Cc2ccc(Br)cc2)cc1. The molecule has 0 saturated heterocycles. The van der Waals surface area contributed by atoms with Gasteiger partial charge in [-0.3, -0.25) is 9.71 Å². The number of hydrogen-bond acceptors (Lipinski definition) is 3. The number of benzene rings is 3. The van der Waals surface area contributed by atoms with Gasteiger partial charge in [0, 0.05) is 16.4 Å². The quantitative estimate of drug-likeness (QED) is 0.567. The second-order valence-electron chi connectivity index (χ2n) is 5.42. The molecule has 0 aliphatic rings. The Morgan fingerprint density at radius 3 is 2.12 bits per heavy atom. The van der Waals surface area contributed by atoms with Gasteiger partial charge in [-0.05, 0) is 66.2 Å². The summed E-state index contributed by atoms with van der Waals surface area (Å²) in [4.78, 5) is 4.43. The molecule has 132 valence electrons. The largest absolute Gasteiger partial charge is 0.280 e. The summed E-state index contributed by atoms with van der Waals surface area (Å²) in [6.45, 7) is 0. The normalized spacial score (nSPS) is 11.6. The summed E-state index contributed by atoms with van der Waals surface area (Å²) in [5.41, 5.74) is 1.86. The Labute approximate surface area is 159 Å². The summed E-state index contributed by atoms with van der Waals surface area (Å²) in [5.74, 6) is -0.430. The first kappa shape index (κ1) is 18.3. The van der Waals surface area contributed by atoms with Crippen molar-refractivity contribution >= 4 is 43.5 Å². The van der Waals surface area contributed by atoms with E-state index >= 15 is 0 Å². The first-order chi connectivity index (χ1) is 12.4. The summed E-state index contributed by atoms with van der Waals surface area (Å²) in [6.07, 6.45) is 1.70. The highest BCUT2D eigenvalue weighted by atomic mass is 79.9. The van der Waals surface area contributed by atoms with Crippen LogP contribution in [0.1, 0.15) is 5.56 Å². The lowest BCUT2D eigenvalue weighted by Crippen LogP contribution is -2.12. The Bertz CT molecular complexity index is 1020. The van der Waals surface area contributed by atoms with E-state index in [-0.39, 0.29) is 4.90 Å². The van der Waals surface area contributed by atoms with E-state index in [1.54, 1.807) is 18.3 Å². The Hall–Kier alpha value is -2.51. The first-order valence-electron chi connectivity index (χ1n) is 7.60. The van der Waals surface area contributed by atoms with E-state index in [0.29, 0.717) is 11.4 Å². The third kappa shape index (κ3) is 4.77. The molecule has 0 radical (unpaired) electrons. The van der Waals surface area contributed by atoms with Gasteiger partial charge in [0.15, 0.2) is 0 Å². The Kier molecular flexibility index (Phi) is 5.49. The van der Waals surface area contributed by atoms with Crippen LogP contribution in [0.2, 0.25) is 0 Å². The van der Waals surface area contributed by atoms with Gasteiger partial charge >= 0.3 is 0 Å². The van der Waals surface area contributed by atoms with Gasteiger partial charge in [-0.2, -0.15) is 0 Å².